The summed E-state index contributed by atoms with van der Waals surface area (Å²) in [5, 5.41) is 20.1. The van der Waals surface area contributed by atoms with Crippen LogP contribution in [0.25, 0.3) is 0 Å². The molecule has 148 valence electrons. The molecule has 0 radical (unpaired) electrons. The van der Waals surface area contributed by atoms with Crippen LogP contribution in [0, 0.1) is 0 Å². The third-order valence-corrected chi connectivity index (χ3v) is 4.24. The van der Waals surface area contributed by atoms with Gasteiger partial charge in [-0.1, -0.05) is 60.7 Å². The molecule has 6 heteroatoms. The minimum Gasteiger partial charge on any atom is -0.394 e. The molecular formula is C21H28O6. The Bertz CT molecular complexity index is 617. The van der Waals surface area contributed by atoms with Gasteiger partial charge < -0.3 is 29.2 Å². The lowest BCUT2D eigenvalue weighted by molar-refractivity contribution is -0.241. The molecule has 27 heavy (non-hydrogen) atoms. The number of methoxy groups -OCH3 is 2. The monoisotopic (exact) mass is 376 g/mol. The van der Waals surface area contributed by atoms with E-state index >= 15 is 0 Å². The maximum atomic E-state index is 10.7. The minimum atomic E-state index is -1.13. The van der Waals surface area contributed by atoms with Crippen LogP contribution in [0.5, 0.6) is 0 Å². The van der Waals surface area contributed by atoms with Crippen molar-refractivity contribution in [3.63, 3.8) is 0 Å². The number of hydrogen-bond acceptors (Lipinski definition) is 6. The molecule has 2 N–H and O–H groups in total. The van der Waals surface area contributed by atoms with Gasteiger partial charge in [0.1, 0.15) is 18.3 Å². The van der Waals surface area contributed by atoms with E-state index in [0.717, 1.165) is 11.1 Å². The fourth-order valence-corrected chi connectivity index (χ4v) is 2.69. The van der Waals surface area contributed by atoms with Crippen LogP contribution in [-0.4, -0.2) is 55.6 Å². The van der Waals surface area contributed by atoms with Gasteiger partial charge in [0.05, 0.1) is 19.8 Å². The van der Waals surface area contributed by atoms with Crippen LogP contribution in [0.4, 0.5) is 0 Å². The number of benzene rings is 2. The van der Waals surface area contributed by atoms with Crippen molar-refractivity contribution < 1.29 is 29.2 Å². The van der Waals surface area contributed by atoms with Gasteiger partial charge in [-0.2, -0.15) is 0 Å². The smallest absolute Gasteiger partial charge is 0.186 e. The molecule has 0 spiro atoms. The Labute approximate surface area is 160 Å². The molecule has 0 amide bonds. The van der Waals surface area contributed by atoms with Gasteiger partial charge in [0, 0.05) is 14.2 Å². The van der Waals surface area contributed by atoms with Gasteiger partial charge in [0.2, 0.25) is 0 Å². The second-order valence-corrected chi connectivity index (χ2v) is 6.11. The number of ether oxygens (including phenoxy) is 4. The summed E-state index contributed by atoms with van der Waals surface area (Å²) in [6.07, 6.45) is -3.64. The van der Waals surface area contributed by atoms with E-state index in [1.54, 1.807) is 0 Å². The van der Waals surface area contributed by atoms with Crippen molar-refractivity contribution in [2.75, 3.05) is 20.8 Å². The average Bonchev–Trinajstić information content (AvgIpc) is 2.72. The molecule has 2 rings (SSSR count). The van der Waals surface area contributed by atoms with Crippen LogP contribution in [0.1, 0.15) is 11.1 Å². The number of rotatable bonds is 12. The maximum Gasteiger partial charge on any atom is 0.186 e. The van der Waals surface area contributed by atoms with Crippen molar-refractivity contribution in [1.82, 2.24) is 0 Å². The Kier molecular flexibility index (Phi) is 9.41. The Balaban J connectivity index is 2.09. The van der Waals surface area contributed by atoms with Crippen LogP contribution < -0.4 is 0 Å². The first-order chi connectivity index (χ1) is 13.2. The molecule has 0 heterocycles. The lowest BCUT2D eigenvalue weighted by Gasteiger charge is -2.33. The summed E-state index contributed by atoms with van der Waals surface area (Å²) in [7, 11) is 2.91. The summed E-state index contributed by atoms with van der Waals surface area (Å²) < 4.78 is 22.4. The van der Waals surface area contributed by atoms with Crippen LogP contribution in [0.3, 0.4) is 0 Å². The van der Waals surface area contributed by atoms with E-state index in [9.17, 15) is 10.2 Å². The molecule has 0 saturated carbocycles. The number of aliphatic hydroxyl groups excluding tert-OH is 2. The van der Waals surface area contributed by atoms with Crippen LogP contribution in [0.2, 0.25) is 0 Å². The molecule has 0 saturated heterocycles. The SMILES string of the molecule is COC(CO)C(O)C(OCc1ccccc1)C(OC)OCc1ccccc1. The highest BCUT2D eigenvalue weighted by Crippen LogP contribution is 2.18. The topological polar surface area (TPSA) is 77.4 Å². The summed E-state index contributed by atoms with van der Waals surface area (Å²) >= 11 is 0. The first-order valence-electron chi connectivity index (χ1n) is 8.85. The van der Waals surface area contributed by atoms with Gasteiger partial charge in [-0.3, -0.25) is 0 Å². The maximum absolute atomic E-state index is 10.7. The van der Waals surface area contributed by atoms with Crippen LogP contribution in [0.15, 0.2) is 60.7 Å². The highest BCUT2D eigenvalue weighted by Gasteiger charge is 2.35. The van der Waals surface area contributed by atoms with Crippen molar-refractivity contribution in [3.8, 4) is 0 Å². The average molecular weight is 376 g/mol. The minimum absolute atomic E-state index is 0.263. The fourth-order valence-electron chi connectivity index (χ4n) is 2.69. The Morgan fingerprint density at radius 3 is 1.74 bits per heavy atom. The third-order valence-electron chi connectivity index (χ3n) is 4.24. The van der Waals surface area contributed by atoms with Gasteiger partial charge in [-0.25, -0.2) is 0 Å². The largest absolute Gasteiger partial charge is 0.394 e. The van der Waals surface area contributed by atoms with E-state index in [2.05, 4.69) is 0 Å². The van der Waals surface area contributed by atoms with Crippen LogP contribution in [-0.2, 0) is 32.2 Å². The zero-order valence-corrected chi connectivity index (χ0v) is 15.7. The van der Waals surface area contributed by atoms with Crippen LogP contribution >= 0.6 is 0 Å². The van der Waals surface area contributed by atoms with E-state index in [4.69, 9.17) is 18.9 Å². The van der Waals surface area contributed by atoms with Gasteiger partial charge in [-0.05, 0) is 11.1 Å². The van der Waals surface area contributed by atoms with E-state index in [1.165, 1.54) is 14.2 Å². The normalized spacial score (nSPS) is 15.9. The molecule has 0 aliphatic heterocycles. The summed E-state index contributed by atoms with van der Waals surface area (Å²) in [4.78, 5) is 0. The van der Waals surface area contributed by atoms with Gasteiger partial charge in [-0.15, -0.1) is 0 Å². The van der Waals surface area contributed by atoms with E-state index in [-0.39, 0.29) is 13.2 Å². The second-order valence-electron chi connectivity index (χ2n) is 6.11. The molecule has 2 aromatic rings. The van der Waals surface area contributed by atoms with Crippen molar-refractivity contribution in [2.24, 2.45) is 0 Å². The highest BCUT2D eigenvalue weighted by atomic mass is 16.7. The summed E-state index contributed by atoms with van der Waals surface area (Å²) in [5.74, 6) is 0. The summed E-state index contributed by atoms with van der Waals surface area (Å²) in [6.45, 7) is 0.213. The quantitative estimate of drug-likeness (QED) is 0.553. The van der Waals surface area contributed by atoms with Gasteiger partial charge in [0.25, 0.3) is 0 Å². The Morgan fingerprint density at radius 1 is 0.778 bits per heavy atom. The first-order valence-corrected chi connectivity index (χ1v) is 8.85. The molecule has 0 aliphatic rings. The van der Waals surface area contributed by atoms with Crippen molar-refractivity contribution in [3.05, 3.63) is 71.8 Å². The van der Waals surface area contributed by atoms with E-state index in [1.807, 2.05) is 60.7 Å². The lowest BCUT2D eigenvalue weighted by atomic mass is 10.1. The molecule has 4 atom stereocenters. The molecule has 2 aromatic carbocycles. The highest BCUT2D eigenvalue weighted by molar-refractivity contribution is 5.14. The summed E-state index contributed by atoms with van der Waals surface area (Å²) in [5.41, 5.74) is 1.92. The first kappa shape index (κ1) is 21.5. The molecule has 0 bridgehead atoms. The predicted molar refractivity (Wildman–Crippen MR) is 101 cm³/mol. The van der Waals surface area contributed by atoms with E-state index < -0.39 is 24.6 Å². The number of hydrogen-bond donors (Lipinski definition) is 2. The molecule has 0 aromatic heterocycles. The fraction of sp³-hybridized carbons (Fsp3) is 0.429. The predicted octanol–water partition coefficient (Wildman–Crippen LogP) is 2.13. The zero-order valence-electron chi connectivity index (χ0n) is 15.7. The Hall–Kier alpha value is -1.80. The Morgan fingerprint density at radius 2 is 1.30 bits per heavy atom. The molecule has 0 fully saturated rings. The molecule has 0 aliphatic carbocycles. The molecule has 6 nitrogen and oxygen atoms in total. The standard InChI is InChI=1S/C21H28O6/c1-24-18(13-22)19(23)20(26-14-16-9-5-3-6-10-16)21(25-2)27-15-17-11-7-4-8-12-17/h3-12,18-23H,13-15H2,1-2H3. The zero-order chi connectivity index (χ0) is 19.5. The number of aliphatic hydroxyl groups is 2. The molecular weight excluding hydrogens is 348 g/mol. The van der Waals surface area contributed by atoms with Gasteiger partial charge in [0.15, 0.2) is 6.29 Å². The van der Waals surface area contributed by atoms with Gasteiger partial charge >= 0.3 is 0 Å². The van der Waals surface area contributed by atoms with Crippen molar-refractivity contribution >= 4 is 0 Å². The third kappa shape index (κ3) is 6.70. The van der Waals surface area contributed by atoms with E-state index in [0.29, 0.717) is 6.61 Å². The molecule has 4 unspecified atom stereocenters. The van der Waals surface area contributed by atoms with Crippen molar-refractivity contribution in [2.45, 2.75) is 37.8 Å². The second kappa shape index (κ2) is 11.8. The summed E-state index contributed by atoms with van der Waals surface area (Å²) in [6, 6.07) is 19.2. The van der Waals surface area contributed by atoms with Crippen molar-refractivity contribution in [1.29, 1.82) is 0 Å². The lowest BCUT2D eigenvalue weighted by Crippen LogP contribution is -2.49.